The minimum absolute atomic E-state index is 0.399. The van der Waals surface area contributed by atoms with Crippen molar-refractivity contribution in [3.05, 3.63) is 22.9 Å². The zero-order valence-electron chi connectivity index (χ0n) is 12.5. The van der Waals surface area contributed by atoms with Crippen LogP contribution in [0, 0.1) is 19.8 Å². The average Bonchev–Trinajstić information content (AvgIpc) is 3.16. The van der Waals surface area contributed by atoms with Crippen molar-refractivity contribution in [2.24, 2.45) is 11.7 Å². The van der Waals surface area contributed by atoms with Crippen LogP contribution in [0.4, 0.5) is 5.82 Å². The Labute approximate surface area is 126 Å². The molecule has 0 unspecified atom stereocenters. The van der Waals surface area contributed by atoms with Crippen LogP contribution < -0.4 is 10.6 Å². The molecule has 5 heteroatoms. The molecule has 0 saturated heterocycles. The van der Waals surface area contributed by atoms with Crippen LogP contribution in [-0.2, 0) is 4.74 Å². The molecule has 0 amide bonds. The smallest absolute Gasteiger partial charge is 0.139 e. The number of ether oxygens (including phenoxy) is 1. The molecule has 0 spiro atoms. The Kier molecular flexibility index (Phi) is 4.94. The molecule has 110 valence electrons. The van der Waals surface area contributed by atoms with E-state index >= 15 is 0 Å². The zero-order valence-corrected chi connectivity index (χ0v) is 13.3. The minimum atomic E-state index is 0.399. The molecule has 0 bridgehead atoms. The fourth-order valence-electron chi connectivity index (χ4n) is 2.24. The maximum Gasteiger partial charge on any atom is 0.139 e. The molecule has 0 aliphatic heterocycles. The summed E-state index contributed by atoms with van der Waals surface area (Å²) in [6, 6.07) is 2.01. The molecule has 0 atom stereocenters. The number of hydrogen-bond donors (Lipinski definition) is 1. The van der Waals surface area contributed by atoms with Crippen LogP contribution in [-0.4, -0.2) is 36.8 Å². The summed E-state index contributed by atoms with van der Waals surface area (Å²) >= 11 is 5.16. The molecule has 1 aromatic heterocycles. The van der Waals surface area contributed by atoms with Gasteiger partial charge in [0.25, 0.3) is 0 Å². The number of rotatable bonds is 7. The predicted octanol–water partition coefficient (Wildman–Crippen LogP) is 2.20. The summed E-state index contributed by atoms with van der Waals surface area (Å²) in [4.78, 5) is 7.05. The average molecular weight is 293 g/mol. The standard InChI is InChI=1S/C15H23N3OS/c1-10-8-11(2)17-15(13(10)14(16)20)18(3)6-7-19-9-12-4-5-12/h8,12H,4-7,9H2,1-3H3,(H2,16,20). The monoisotopic (exact) mass is 293 g/mol. The molecule has 0 radical (unpaired) electrons. The summed E-state index contributed by atoms with van der Waals surface area (Å²) in [5.74, 6) is 1.65. The molecule has 1 aliphatic carbocycles. The number of aromatic nitrogens is 1. The summed E-state index contributed by atoms with van der Waals surface area (Å²) in [5.41, 5.74) is 8.76. The van der Waals surface area contributed by atoms with Crippen molar-refractivity contribution in [1.82, 2.24) is 4.98 Å². The van der Waals surface area contributed by atoms with Gasteiger partial charge >= 0.3 is 0 Å². The highest BCUT2D eigenvalue weighted by molar-refractivity contribution is 7.80. The molecule has 2 N–H and O–H groups in total. The highest BCUT2D eigenvalue weighted by Crippen LogP contribution is 2.28. The van der Waals surface area contributed by atoms with Crippen molar-refractivity contribution in [3.63, 3.8) is 0 Å². The number of hydrogen-bond acceptors (Lipinski definition) is 4. The van der Waals surface area contributed by atoms with Crippen LogP contribution in [0.25, 0.3) is 0 Å². The van der Waals surface area contributed by atoms with Gasteiger partial charge in [-0.05, 0) is 44.2 Å². The Morgan fingerprint density at radius 2 is 2.20 bits per heavy atom. The van der Waals surface area contributed by atoms with E-state index in [1.165, 1.54) is 12.8 Å². The Morgan fingerprint density at radius 3 is 2.80 bits per heavy atom. The van der Waals surface area contributed by atoms with E-state index in [9.17, 15) is 0 Å². The quantitative estimate of drug-likeness (QED) is 0.617. The number of anilines is 1. The second-order valence-corrected chi connectivity index (χ2v) is 6.02. The lowest BCUT2D eigenvalue weighted by molar-refractivity contribution is 0.131. The third-order valence-corrected chi connectivity index (χ3v) is 3.76. The van der Waals surface area contributed by atoms with Gasteiger partial charge in [0.2, 0.25) is 0 Å². The van der Waals surface area contributed by atoms with Crippen molar-refractivity contribution in [1.29, 1.82) is 0 Å². The van der Waals surface area contributed by atoms with Gasteiger partial charge in [-0.2, -0.15) is 0 Å². The molecule has 1 saturated carbocycles. The number of thiocarbonyl (C=S) groups is 1. The molecular formula is C15H23N3OS. The molecule has 1 aromatic rings. The maximum atomic E-state index is 5.84. The first-order valence-electron chi connectivity index (χ1n) is 7.06. The number of aryl methyl sites for hydroxylation is 2. The molecular weight excluding hydrogens is 270 g/mol. The van der Waals surface area contributed by atoms with E-state index in [0.717, 1.165) is 41.7 Å². The summed E-state index contributed by atoms with van der Waals surface area (Å²) < 4.78 is 5.68. The first-order chi connectivity index (χ1) is 9.49. The highest BCUT2D eigenvalue weighted by atomic mass is 32.1. The third-order valence-electron chi connectivity index (χ3n) is 3.56. The van der Waals surface area contributed by atoms with Crippen LogP contribution in [0.2, 0.25) is 0 Å². The van der Waals surface area contributed by atoms with Crippen LogP contribution in [0.1, 0.15) is 29.7 Å². The van der Waals surface area contributed by atoms with Gasteiger partial charge in [0.1, 0.15) is 10.8 Å². The van der Waals surface area contributed by atoms with E-state index in [-0.39, 0.29) is 0 Å². The van der Waals surface area contributed by atoms with Gasteiger partial charge in [-0.3, -0.25) is 0 Å². The fraction of sp³-hybridized carbons (Fsp3) is 0.600. The molecule has 4 nitrogen and oxygen atoms in total. The van der Waals surface area contributed by atoms with E-state index in [1.807, 2.05) is 27.0 Å². The lowest BCUT2D eigenvalue weighted by Gasteiger charge is -2.22. The van der Waals surface area contributed by atoms with Crippen LogP contribution >= 0.6 is 12.2 Å². The number of nitrogens with two attached hydrogens (primary N) is 1. The lowest BCUT2D eigenvalue weighted by Crippen LogP contribution is -2.28. The number of likely N-dealkylation sites (N-methyl/N-ethyl adjacent to an activating group) is 1. The molecule has 1 aliphatic rings. The normalized spacial score (nSPS) is 14.3. The van der Waals surface area contributed by atoms with Crippen molar-refractivity contribution in [2.75, 3.05) is 31.7 Å². The zero-order chi connectivity index (χ0) is 14.7. The topological polar surface area (TPSA) is 51.4 Å². The summed E-state index contributed by atoms with van der Waals surface area (Å²) in [6.07, 6.45) is 2.64. The molecule has 0 aromatic carbocycles. The summed E-state index contributed by atoms with van der Waals surface area (Å²) in [5, 5.41) is 0. The predicted molar refractivity (Wildman–Crippen MR) is 86.4 cm³/mol. The van der Waals surface area contributed by atoms with Crippen LogP contribution in [0.3, 0.4) is 0 Å². The van der Waals surface area contributed by atoms with Gasteiger partial charge in [0.05, 0.1) is 12.2 Å². The van der Waals surface area contributed by atoms with E-state index in [4.69, 9.17) is 22.7 Å². The summed E-state index contributed by atoms with van der Waals surface area (Å²) in [7, 11) is 2.00. The van der Waals surface area contributed by atoms with Gasteiger partial charge in [0.15, 0.2) is 0 Å². The van der Waals surface area contributed by atoms with Crippen molar-refractivity contribution in [3.8, 4) is 0 Å². The number of nitrogens with zero attached hydrogens (tertiary/aromatic N) is 2. The Hall–Kier alpha value is -1.20. The Bertz CT molecular complexity index is 500. The van der Waals surface area contributed by atoms with Gasteiger partial charge in [0, 0.05) is 25.9 Å². The largest absolute Gasteiger partial charge is 0.389 e. The SMILES string of the molecule is Cc1cc(C)c(C(N)=S)c(N(C)CCOCC2CC2)n1. The van der Waals surface area contributed by atoms with Crippen LogP contribution in [0.5, 0.6) is 0 Å². The van der Waals surface area contributed by atoms with E-state index in [2.05, 4.69) is 9.88 Å². The van der Waals surface area contributed by atoms with Gasteiger partial charge in [-0.15, -0.1) is 0 Å². The molecule has 2 rings (SSSR count). The molecule has 1 fully saturated rings. The number of pyridine rings is 1. The second-order valence-electron chi connectivity index (χ2n) is 5.58. The van der Waals surface area contributed by atoms with Crippen molar-refractivity contribution in [2.45, 2.75) is 26.7 Å². The van der Waals surface area contributed by atoms with Crippen molar-refractivity contribution < 1.29 is 4.74 Å². The third kappa shape index (κ3) is 3.90. The Balaban J connectivity index is 2.02. The minimum Gasteiger partial charge on any atom is -0.389 e. The molecule has 1 heterocycles. The highest BCUT2D eigenvalue weighted by Gasteiger charge is 2.21. The van der Waals surface area contributed by atoms with Gasteiger partial charge in [-0.25, -0.2) is 4.98 Å². The van der Waals surface area contributed by atoms with E-state index in [1.54, 1.807) is 0 Å². The van der Waals surface area contributed by atoms with E-state index in [0.29, 0.717) is 11.6 Å². The van der Waals surface area contributed by atoms with Gasteiger partial charge in [-0.1, -0.05) is 12.2 Å². The lowest BCUT2D eigenvalue weighted by atomic mass is 10.1. The Morgan fingerprint density at radius 1 is 1.50 bits per heavy atom. The van der Waals surface area contributed by atoms with Crippen LogP contribution in [0.15, 0.2) is 6.07 Å². The molecule has 20 heavy (non-hydrogen) atoms. The second kappa shape index (κ2) is 6.50. The van der Waals surface area contributed by atoms with Gasteiger partial charge < -0.3 is 15.4 Å². The fourth-order valence-corrected chi connectivity index (χ4v) is 2.49. The van der Waals surface area contributed by atoms with E-state index < -0.39 is 0 Å². The first kappa shape index (κ1) is 15.2. The maximum absolute atomic E-state index is 5.84. The first-order valence-corrected chi connectivity index (χ1v) is 7.46. The summed E-state index contributed by atoms with van der Waals surface area (Å²) in [6.45, 7) is 6.38. The van der Waals surface area contributed by atoms with Crippen molar-refractivity contribution >= 4 is 23.0 Å².